The van der Waals surface area contributed by atoms with Crippen LogP contribution in [0.2, 0.25) is 0 Å². The fourth-order valence-corrected chi connectivity index (χ4v) is 3.76. The molecule has 0 bridgehead atoms. The van der Waals surface area contributed by atoms with Gasteiger partial charge in [0.25, 0.3) is 0 Å². The zero-order valence-corrected chi connectivity index (χ0v) is 16.3. The lowest BCUT2D eigenvalue weighted by Gasteiger charge is -2.13. The summed E-state index contributed by atoms with van der Waals surface area (Å²) in [5.74, 6) is 1.98. The summed E-state index contributed by atoms with van der Waals surface area (Å²) in [6, 6.07) is 10.0. The maximum atomic E-state index is 12.4. The molecule has 0 aliphatic heterocycles. The number of imidazole rings is 1. The Bertz CT molecular complexity index is 913. The number of hydrogen-bond acceptors (Lipinski definition) is 4. The Balaban J connectivity index is 1.63. The molecule has 0 aliphatic rings. The van der Waals surface area contributed by atoms with Crippen LogP contribution in [-0.4, -0.2) is 21.2 Å². The van der Waals surface area contributed by atoms with E-state index in [0.717, 1.165) is 33.5 Å². The van der Waals surface area contributed by atoms with Gasteiger partial charge in [0.15, 0.2) is 5.16 Å². The Morgan fingerprint density at radius 2 is 2.08 bits per heavy atom. The van der Waals surface area contributed by atoms with Crippen molar-refractivity contribution in [2.24, 2.45) is 0 Å². The van der Waals surface area contributed by atoms with Crippen molar-refractivity contribution in [2.75, 3.05) is 5.75 Å². The van der Waals surface area contributed by atoms with E-state index in [1.54, 1.807) is 6.20 Å². The lowest BCUT2D eigenvalue weighted by molar-refractivity contribution is -0.119. The standard InChI is InChI=1S/C20H23N3O2S/c1-13-7-5-6-8-18(13)23-10-9-21-20(23)26-12-19(24)22-15(3)17-11-14(2)25-16(17)4/h5-11,15H,12H2,1-4H3,(H,22,24). The largest absolute Gasteiger partial charge is 0.466 e. The molecule has 0 saturated heterocycles. The summed E-state index contributed by atoms with van der Waals surface area (Å²) >= 11 is 1.43. The van der Waals surface area contributed by atoms with Gasteiger partial charge in [-0.3, -0.25) is 9.36 Å². The molecule has 26 heavy (non-hydrogen) atoms. The van der Waals surface area contributed by atoms with Crippen LogP contribution in [0.1, 0.15) is 35.6 Å². The van der Waals surface area contributed by atoms with Crippen LogP contribution in [0.5, 0.6) is 0 Å². The molecule has 3 rings (SSSR count). The summed E-state index contributed by atoms with van der Waals surface area (Å²) < 4.78 is 7.56. The molecule has 6 heteroatoms. The molecule has 1 atom stereocenters. The summed E-state index contributed by atoms with van der Waals surface area (Å²) in [6.07, 6.45) is 3.68. The van der Waals surface area contributed by atoms with Gasteiger partial charge in [-0.25, -0.2) is 4.98 Å². The third kappa shape index (κ3) is 4.02. The van der Waals surface area contributed by atoms with E-state index in [-0.39, 0.29) is 11.9 Å². The molecule has 1 aromatic carbocycles. The van der Waals surface area contributed by atoms with Crippen LogP contribution >= 0.6 is 11.8 Å². The molecular formula is C20H23N3O2S. The van der Waals surface area contributed by atoms with Gasteiger partial charge in [-0.05, 0) is 45.4 Å². The fraction of sp³-hybridized carbons (Fsp3) is 0.300. The van der Waals surface area contributed by atoms with Gasteiger partial charge >= 0.3 is 0 Å². The van der Waals surface area contributed by atoms with Gasteiger partial charge < -0.3 is 9.73 Å². The number of thioether (sulfide) groups is 1. The minimum absolute atomic E-state index is 0.0277. The minimum Gasteiger partial charge on any atom is -0.466 e. The van der Waals surface area contributed by atoms with Crippen molar-refractivity contribution in [3.63, 3.8) is 0 Å². The molecule has 1 amide bonds. The molecule has 136 valence electrons. The highest BCUT2D eigenvalue weighted by molar-refractivity contribution is 7.99. The van der Waals surface area contributed by atoms with Crippen molar-refractivity contribution in [3.05, 3.63) is 65.4 Å². The van der Waals surface area contributed by atoms with Crippen LogP contribution in [0, 0.1) is 20.8 Å². The van der Waals surface area contributed by atoms with Crippen molar-refractivity contribution >= 4 is 17.7 Å². The first-order valence-electron chi connectivity index (χ1n) is 8.54. The predicted octanol–water partition coefficient (Wildman–Crippen LogP) is 4.36. The average molecular weight is 369 g/mol. The van der Waals surface area contributed by atoms with Gasteiger partial charge in [-0.15, -0.1) is 0 Å². The molecule has 0 saturated carbocycles. The van der Waals surface area contributed by atoms with Crippen molar-refractivity contribution in [1.82, 2.24) is 14.9 Å². The number of aromatic nitrogens is 2. The Kier molecular flexibility index (Phi) is 5.52. The second kappa shape index (κ2) is 7.83. The van der Waals surface area contributed by atoms with E-state index < -0.39 is 0 Å². The highest BCUT2D eigenvalue weighted by Crippen LogP contribution is 2.24. The number of furan rings is 1. The van der Waals surface area contributed by atoms with Crippen molar-refractivity contribution in [3.8, 4) is 5.69 Å². The maximum absolute atomic E-state index is 12.4. The topological polar surface area (TPSA) is 60.1 Å². The van der Waals surface area contributed by atoms with Gasteiger partial charge in [0.05, 0.1) is 17.5 Å². The quantitative estimate of drug-likeness (QED) is 0.656. The second-order valence-corrected chi connectivity index (χ2v) is 7.26. The number of carbonyl (C=O) groups excluding carboxylic acids is 1. The number of carbonyl (C=O) groups is 1. The van der Waals surface area contributed by atoms with Crippen molar-refractivity contribution in [1.29, 1.82) is 0 Å². The molecule has 1 N–H and O–H groups in total. The molecule has 0 radical (unpaired) electrons. The number of nitrogens with one attached hydrogen (secondary N) is 1. The molecule has 0 fully saturated rings. The van der Waals surface area contributed by atoms with E-state index in [2.05, 4.69) is 23.3 Å². The van der Waals surface area contributed by atoms with E-state index in [4.69, 9.17) is 4.42 Å². The van der Waals surface area contributed by atoms with Gasteiger partial charge in [0, 0.05) is 18.0 Å². The number of rotatable bonds is 6. The third-order valence-corrected chi connectivity index (χ3v) is 5.20. The number of amides is 1. The Morgan fingerprint density at radius 3 is 2.77 bits per heavy atom. The number of aryl methyl sites for hydroxylation is 3. The van der Waals surface area contributed by atoms with Crippen LogP contribution in [0.15, 0.2) is 52.3 Å². The van der Waals surface area contributed by atoms with Crippen molar-refractivity contribution < 1.29 is 9.21 Å². The van der Waals surface area contributed by atoms with Gasteiger partial charge in [0.1, 0.15) is 11.5 Å². The zero-order valence-electron chi connectivity index (χ0n) is 15.4. The smallest absolute Gasteiger partial charge is 0.230 e. The Morgan fingerprint density at radius 1 is 1.31 bits per heavy atom. The van der Waals surface area contributed by atoms with Gasteiger partial charge in [-0.2, -0.15) is 0 Å². The van der Waals surface area contributed by atoms with E-state index in [1.807, 2.05) is 55.8 Å². The molecule has 0 aliphatic carbocycles. The number of nitrogens with zero attached hydrogens (tertiary/aromatic N) is 2. The summed E-state index contributed by atoms with van der Waals surface area (Å²) in [7, 11) is 0. The summed E-state index contributed by atoms with van der Waals surface area (Å²) in [5, 5.41) is 3.83. The molecule has 2 aromatic heterocycles. The highest BCUT2D eigenvalue weighted by atomic mass is 32.2. The SMILES string of the molecule is Cc1cc(C(C)NC(=O)CSc2nccn2-c2ccccc2C)c(C)o1. The van der Waals surface area contributed by atoms with Crippen molar-refractivity contribution in [2.45, 2.75) is 38.9 Å². The van der Waals surface area contributed by atoms with E-state index in [0.29, 0.717) is 5.75 Å². The normalized spacial score (nSPS) is 12.2. The third-order valence-electron chi connectivity index (χ3n) is 4.24. The minimum atomic E-state index is -0.0864. The molecule has 2 heterocycles. The molecule has 3 aromatic rings. The lowest BCUT2D eigenvalue weighted by atomic mass is 10.1. The number of benzene rings is 1. The summed E-state index contributed by atoms with van der Waals surface area (Å²) in [4.78, 5) is 16.7. The van der Waals surface area contributed by atoms with Crippen LogP contribution in [0.4, 0.5) is 0 Å². The first-order chi connectivity index (χ1) is 12.5. The lowest BCUT2D eigenvalue weighted by Crippen LogP contribution is -2.28. The second-order valence-electron chi connectivity index (χ2n) is 6.31. The van der Waals surface area contributed by atoms with E-state index in [9.17, 15) is 4.79 Å². The number of para-hydroxylation sites is 1. The van der Waals surface area contributed by atoms with Crippen LogP contribution in [-0.2, 0) is 4.79 Å². The molecule has 0 spiro atoms. The summed E-state index contributed by atoms with van der Waals surface area (Å²) in [6.45, 7) is 7.85. The fourth-order valence-electron chi connectivity index (χ4n) is 2.98. The highest BCUT2D eigenvalue weighted by Gasteiger charge is 2.16. The average Bonchev–Trinajstić information content (AvgIpc) is 3.19. The Labute approximate surface area is 157 Å². The van der Waals surface area contributed by atoms with Crippen LogP contribution in [0.3, 0.4) is 0 Å². The first-order valence-corrected chi connectivity index (χ1v) is 9.52. The summed E-state index contributed by atoms with van der Waals surface area (Å²) in [5.41, 5.74) is 3.25. The predicted molar refractivity (Wildman–Crippen MR) is 104 cm³/mol. The van der Waals surface area contributed by atoms with E-state index >= 15 is 0 Å². The van der Waals surface area contributed by atoms with Crippen LogP contribution < -0.4 is 5.32 Å². The van der Waals surface area contributed by atoms with Crippen LogP contribution in [0.25, 0.3) is 5.69 Å². The zero-order chi connectivity index (χ0) is 18.7. The van der Waals surface area contributed by atoms with Gasteiger partial charge in [0.2, 0.25) is 5.91 Å². The first kappa shape index (κ1) is 18.3. The molecular weight excluding hydrogens is 346 g/mol. The Hall–Kier alpha value is -2.47. The van der Waals surface area contributed by atoms with Gasteiger partial charge in [-0.1, -0.05) is 30.0 Å². The molecule has 5 nitrogen and oxygen atoms in total. The molecule has 1 unspecified atom stereocenters. The number of hydrogen-bond donors (Lipinski definition) is 1. The monoisotopic (exact) mass is 369 g/mol. The maximum Gasteiger partial charge on any atom is 0.230 e. The van der Waals surface area contributed by atoms with E-state index in [1.165, 1.54) is 11.8 Å².